The van der Waals surface area contributed by atoms with Gasteiger partial charge in [0.2, 0.25) is 0 Å². The van der Waals surface area contributed by atoms with E-state index >= 15 is 0 Å². The zero-order valence-electron chi connectivity index (χ0n) is 12.7. The molecule has 0 unspecified atom stereocenters. The van der Waals surface area contributed by atoms with Gasteiger partial charge in [0.15, 0.2) is 0 Å². The van der Waals surface area contributed by atoms with Crippen molar-refractivity contribution in [3.8, 4) is 11.3 Å². The van der Waals surface area contributed by atoms with Crippen molar-refractivity contribution in [3.05, 3.63) is 41.0 Å². The van der Waals surface area contributed by atoms with Crippen LogP contribution in [0.25, 0.3) is 11.3 Å². The van der Waals surface area contributed by atoms with Gasteiger partial charge in [-0.1, -0.05) is 29.8 Å². The van der Waals surface area contributed by atoms with Crippen LogP contribution in [-0.4, -0.2) is 28.0 Å². The normalized spacial score (nSPS) is 11.9. The molecule has 21 heavy (non-hydrogen) atoms. The summed E-state index contributed by atoms with van der Waals surface area (Å²) in [7, 11) is 0. The average Bonchev–Trinajstić information content (AvgIpc) is 2.84. The summed E-state index contributed by atoms with van der Waals surface area (Å²) in [5.74, 6) is 0. The highest BCUT2D eigenvalue weighted by atomic mass is 35.5. The van der Waals surface area contributed by atoms with Gasteiger partial charge in [0.25, 0.3) is 0 Å². The second-order valence-electron chi connectivity index (χ2n) is 6.00. The van der Waals surface area contributed by atoms with E-state index in [1.165, 1.54) is 0 Å². The number of hydrogen-bond acceptors (Lipinski definition) is 3. The minimum Gasteiger partial charge on any atom is -0.395 e. The van der Waals surface area contributed by atoms with E-state index in [1.807, 2.05) is 35.1 Å². The summed E-state index contributed by atoms with van der Waals surface area (Å²) in [6, 6.07) is 7.73. The van der Waals surface area contributed by atoms with Crippen LogP contribution >= 0.6 is 11.6 Å². The first kappa shape index (κ1) is 16.0. The Morgan fingerprint density at radius 2 is 2.00 bits per heavy atom. The lowest BCUT2D eigenvalue weighted by atomic mass is 10.1. The molecule has 0 aliphatic heterocycles. The Hall–Kier alpha value is -1.36. The molecule has 4 nitrogen and oxygen atoms in total. The molecule has 0 spiro atoms. The van der Waals surface area contributed by atoms with E-state index in [2.05, 4.69) is 26.1 Å². The fourth-order valence-corrected chi connectivity index (χ4v) is 2.29. The summed E-state index contributed by atoms with van der Waals surface area (Å²) in [6.45, 7) is 7.67. The van der Waals surface area contributed by atoms with E-state index in [9.17, 15) is 0 Å². The third kappa shape index (κ3) is 3.84. The molecule has 2 rings (SSSR count). The van der Waals surface area contributed by atoms with Crippen LogP contribution in [-0.2, 0) is 12.1 Å². The monoisotopic (exact) mass is 307 g/mol. The summed E-state index contributed by atoms with van der Waals surface area (Å²) in [5, 5.41) is 17.5. The maximum Gasteiger partial charge on any atom is 0.0983 e. The van der Waals surface area contributed by atoms with E-state index in [0.717, 1.165) is 16.8 Å². The first-order valence-corrected chi connectivity index (χ1v) is 7.47. The number of hydrogen-bond donors (Lipinski definition) is 2. The molecular formula is C16H22ClN3O. The van der Waals surface area contributed by atoms with Crippen LogP contribution in [0.1, 0.15) is 26.3 Å². The van der Waals surface area contributed by atoms with Crippen molar-refractivity contribution in [1.82, 2.24) is 15.1 Å². The third-order valence-corrected chi connectivity index (χ3v) is 3.54. The smallest absolute Gasteiger partial charge is 0.0983 e. The van der Waals surface area contributed by atoms with Crippen molar-refractivity contribution in [2.45, 2.75) is 32.9 Å². The second-order valence-corrected chi connectivity index (χ2v) is 6.41. The maximum absolute atomic E-state index is 8.90. The van der Waals surface area contributed by atoms with Gasteiger partial charge in [-0.3, -0.25) is 4.68 Å². The summed E-state index contributed by atoms with van der Waals surface area (Å²) in [5.41, 5.74) is 2.81. The van der Waals surface area contributed by atoms with Crippen molar-refractivity contribution in [2.24, 2.45) is 0 Å². The topological polar surface area (TPSA) is 50.1 Å². The van der Waals surface area contributed by atoms with Gasteiger partial charge in [-0.25, -0.2) is 0 Å². The summed E-state index contributed by atoms with van der Waals surface area (Å²) >= 11 is 6.31. The molecule has 1 aromatic carbocycles. The minimum atomic E-state index is -0.0920. The van der Waals surface area contributed by atoms with Gasteiger partial charge in [0.05, 0.1) is 22.9 Å². The molecule has 0 saturated carbocycles. The molecule has 0 aliphatic carbocycles. The summed E-state index contributed by atoms with van der Waals surface area (Å²) in [4.78, 5) is 0. The Labute approximate surface area is 130 Å². The molecule has 0 bridgehead atoms. The molecule has 0 saturated heterocycles. The molecule has 5 heteroatoms. The Bertz CT molecular complexity index is 602. The Balaban J connectivity index is 2.42. The van der Waals surface area contributed by atoms with Crippen LogP contribution in [0.15, 0.2) is 30.5 Å². The van der Waals surface area contributed by atoms with Crippen molar-refractivity contribution < 1.29 is 5.11 Å². The zero-order valence-corrected chi connectivity index (χ0v) is 13.5. The first-order valence-electron chi connectivity index (χ1n) is 7.09. The van der Waals surface area contributed by atoms with Crippen molar-refractivity contribution in [2.75, 3.05) is 13.2 Å². The molecule has 0 amide bonds. The number of rotatable bonds is 5. The number of aromatic nitrogens is 2. The SMILES string of the molecule is CC(C)(C)n1cc(CNCCO)c(-c2ccccc2Cl)n1. The Kier molecular flexibility index (Phi) is 5.04. The van der Waals surface area contributed by atoms with Crippen LogP contribution in [0.2, 0.25) is 5.02 Å². The Morgan fingerprint density at radius 3 is 2.62 bits per heavy atom. The number of nitrogens with one attached hydrogen (secondary N) is 1. The van der Waals surface area contributed by atoms with Crippen molar-refractivity contribution in [3.63, 3.8) is 0 Å². The number of nitrogens with zero attached hydrogens (tertiary/aromatic N) is 2. The van der Waals surface area contributed by atoms with Crippen molar-refractivity contribution >= 4 is 11.6 Å². The molecular weight excluding hydrogens is 286 g/mol. The molecule has 0 fully saturated rings. The Morgan fingerprint density at radius 1 is 1.29 bits per heavy atom. The number of halogens is 1. The fraction of sp³-hybridized carbons (Fsp3) is 0.438. The number of aliphatic hydroxyl groups excluding tert-OH is 1. The predicted octanol–water partition coefficient (Wildman–Crippen LogP) is 3.04. The predicted molar refractivity (Wildman–Crippen MR) is 86.5 cm³/mol. The van der Waals surface area contributed by atoms with E-state index in [0.29, 0.717) is 18.1 Å². The van der Waals surface area contributed by atoms with Crippen molar-refractivity contribution in [1.29, 1.82) is 0 Å². The lowest BCUT2D eigenvalue weighted by Crippen LogP contribution is -2.22. The van der Waals surface area contributed by atoms with Crippen LogP contribution in [0.3, 0.4) is 0 Å². The van der Waals surface area contributed by atoms with Gasteiger partial charge in [0, 0.05) is 30.4 Å². The van der Waals surface area contributed by atoms with E-state index < -0.39 is 0 Å². The number of aliphatic hydroxyl groups is 1. The molecule has 1 aromatic heterocycles. The highest BCUT2D eigenvalue weighted by molar-refractivity contribution is 6.33. The van der Waals surface area contributed by atoms with Gasteiger partial charge in [0.1, 0.15) is 0 Å². The lowest BCUT2D eigenvalue weighted by molar-refractivity contribution is 0.292. The molecule has 0 aliphatic rings. The minimum absolute atomic E-state index is 0.0920. The van der Waals surface area contributed by atoms with E-state index in [1.54, 1.807) is 0 Å². The molecule has 0 atom stereocenters. The van der Waals surface area contributed by atoms with Crippen LogP contribution < -0.4 is 5.32 Å². The molecule has 0 radical (unpaired) electrons. The lowest BCUT2D eigenvalue weighted by Gasteiger charge is -2.18. The van der Waals surface area contributed by atoms with E-state index in [4.69, 9.17) is 21.8 Å². The zero-order chi connectivity index (χ0) is 15.5. The second kappa shape index (κ2) is 6.60. The molecule has 114 valence electrons. The standard InChI is InChI=1S/C16H22ClN3O/c1-16(2,3)20-11-12(10-18-8-9-21)15(19-20)13-6-4-5-7-14(13)17/h4-7,11,18,21H,8-10H2,1-3H3. The van der Waals surface area contributed by atoms with Crippen LogP contribution in [0, 0.1) is 0 Å². The highest BCUT2D eigenvalue weighted by Crippen LogP contribution is 2.30. The van der Waals surface area contributed by atoms with Gasteiger partial charge in [-0.2, -0.15) is 5.10 Å². The van der Waals surface area contributed by atoms with Crippen LogP contribution in [0.5, 0.6) is 0 Å². The van der Waals surface area contributed by atoms with E-state index in [-0.39, 0.29) is 12.1 Å². The largest absolute Gasteiger partial charge is 0.395 e. The van der Waals surface area contributed by atoms with Gasteiger partial charge in [-0.15, -0.1) is 0 Å². The average molecular weight is 308 g/mol. The van der Waals surface area contributed by atoms with Crippen LogP contribution in [0.4, 0.5) is 0 Å². The summed E-state index contributed by atoms with van der Waals surface area (Å²) in [6.07, 6.45) is 2.04. The van der Waals surface area contributed by atoms with Gasteiger partial charge < -0.3 is 10.4 Å². The fourth-order valence-electron chi connectivity index (χ4n) is 2.06. The van der Waals surface area contributed by atoms with Gasteiger partial charge in [-0.05, 0) is 26.8 Å². The molecule has 1 heterocycles. The maximum atomic E-state index is 8.90. The van der Waals surface area contributed by atoms with Gasteiger partial charge >= 0.3 is 0 Å². The molecule has 2 aromatic rings. The third-order valence-electron chi connectivity index (χ3n) is 3.21. The number of benzene rings is 1. The summed E-state index contributed by atoms with van der Waals surface area (Å²) < 4.78 is 1.96. The first-order chi connectivity index (χ1) is 9.93. The molecule has 2 N–H and O–H groups in total. The highest BCUT2D eigenvalue weighted by Gasteiger charge is 2.19. The quantitative estimate of drug-likeness (QED) is 0.835.